The van der Waals surface area contributed by atoms with Crippen molar-refractivity contribution >= 4 is 0 Å². The van der Waals surface area contributed by atoms with Gasteiger partial charge < -0.3 is 28.7 Å². The van der Waals surface area contributed by atoms with E-state index in [2.05, 4.69) is 22.2 Å². The largest absolute Gasteiger partial charge is 0.354 e. The number of hydrogen-bond acceptors (Lipinski definition) is 6. The SMILES string of the molecule is CCOC(CN1C=CN(CC(OCC)OCC)C1)OCC. The molecule has 21 heavy (non-hydrogen) atoms. The Bertz CT molecular complexity index is 251. The zero-order valence-electron chi connectivity index (χ0n) is 13.8. The number of hydrogen-bond donors (Lipinski definition) is 0. The minimum atomic E-state index is -0.181. The Morgan fingerprint density at radius 1 is 0.714 bits per heavy atom. The first kappa shape index (κ1) is 18.2. The van der Waals surface area contributed by atoms with Crippen LogP contribution in [-0.2, 0) is 18.9 Å². The molecule has 1 aliphatic rings. The maximum Gasteiger partial charge on any atom is 0.174 e. The molecule has 0 spiro atoms. The molecule has 0 aromatic heterocycles. The molecule has 0 radical (unpaired) electrons. The van der Waals surface area contributed by atoms with Crippen LogP contribution in [0, 0.1) is 0 Å². The van der Waals surface area contributed by atoms with Crippen molar-refractivity contribution < 1.29 is 18.9 Å². The van der Waals surface area contributed by atoms with Gasteiger partial charge >= 0.3 is 0 Å². The molecular weight excluding hydrogens is 272 g/mol. The van der Waals surface area contributed by atoms with Crippen LogP contribution in [0.5, 0.6) is 0 Å². The molecule has 1 heterocycles. The molecule has 0 saturated heterocycles. The zero-order chi connectivity index (χ0) is 15.5. The van der Waals surface area contributed by atoms with Gasteiger partial charge in [0.15, 0.2) is 12.6 Å². The molecule has 0 bridgehead atoms. The lowest BCUT2D eigenvalue weighted by molar-refractivity contribution is -0.151. The Morgan fingerprint density at radius 2 is 1.05 bits per heavy atom. The van der Waals surface area contributed by atoms with Crippen LogP contribution in [0.2, 0.25) is 0 Å². The Kier molecular flexibility index (Phi) is 9.41. The van der Waals surface area contributed by atoms with Crippen molar-refractivity contribution in [2.24, 2.45) is 0 Å². The summed E-state index contributed by atoms with van der Waals surface area (Å²) in [6, 6.07) is 0. The monoisotopic (exact) mass is 302 g/mol. The number of rotatable bonds is 12. The zero-order valence-corrected chi connectivity index (χ0v) is 13.8. The van der Waals surface area contributed by atoms with Crippen molar-refractivity contribution in [3.63, 3.8) is 0 Å². The van der Waals surface area contributed by atoms with Gasteiger partial charge in [-0.05, 0) is 27.7 Å². The average molecular weight is 302 g/mol. The molecule has 6 heteroatoms. The second kappa shape index (κ2) is 10.8. The van der Waals surface area contributed by atoms with E-state index in [9.17, 15) is 0 Å². The van der Waals surface area contributed by atoms with Gasteiger partial charge in [-0.3, -0.25) is 0 Å². The van der Waals surface area contributed by atoms with Gasteiger partial charge in [-0.25, -0.2) is 0 Å². The van der Waals surface area contributed by atoms with Gasteiger partial charge in [-0.2, -0.15) is 0 Å². The van der Waals surface area contributed by atoms with Crippen molar-refractivity contribution in [2.45, 2.75) is 40.3 Å². The van der Waals surface area contributed by atoms with Crippen LogP contribution in [0.4, 0.5) is 0 Å². The van der Waals surface area contributed by atoms with Crippen molar-refractivity contribution in [1.29, 1.82) is 0 Å². The van der Waals surface area contributed by atoms with E-state index in [1.165, 1.54) is 0 Å². The summed E-state index contributed by atoms with van der Waals surface area (Å²) < 4.78 is 22.3. The first-order valence-electron chi connectivity index (χ1n) is 7.86. The lowest BCUT2D eigenvalue weighted by Crippen LogP contribution is -2.38. The number of ether oxygens (including phenoxy) is 4. The standard InChI is InChI=1S/C15H30N2O4/c1-5-18-14(19-6-2)11-16-9-10-17(13-16)12-15(20-7-3)21-8-4/h9-10,14-15H,5-8,11-13H2,1-4H3. The molecule has 124 valence electrons. The summed E-state index contributed by atoms with van der Waals surface area (Å²) in [7, 11) is 0. The Morgan fingerprint density at radius 3 is 1.33 bits per heavy atom. The third-order valence-electron chi connectivity index (χ3n) is 3.03. The first-order chi connectivity index (χ1) is 10.2. The molecular formula is C15H30N2O4. The van der Waals surface area contributed by atoms with Crippen LogP contribution in [0.15, 0.2) is 12.4 Å². The fourth-order valence-electron chi connectivity index (χ4n) is 2.19. The Labute approximate surface area is 128 Å². The third kappa shape index (κ3) is 7.13. The smallest absolute Gasteiger partial charge is 0.174 e. The predicted octanol–water partition coefficient (Wildman–Crippen LogP) is 1.83. The molecule has 0 aromatic rings. The summed E-state index contributed by atoms with van der Waals surface area (Å²) in [5.41, 5.74) is 0. The van der Waals surface area contributed by atoms with Crippen LogP contribution in [-0.4, -0.2) is 68.6 Å². The first-order valence-corrected chi connectivity index (χ1v) is 7.86. The summed E-state index contributed by atoms with van der Waals surface area (Å²) in [6.45, 7) is 12.8. The van der Waals surface area contributed by atoms with Gasteiger partial charge in [0.2, 0.25) is 0 Å². The molecule has 1 aliphatic heterocycles. The predicted molar refractivity (Wildman–Crippen MR) is 81.5 cm³/mol. The molecule has 0 saturated carbocycles. The van der Waals surface area contributed by atoms with Gasteiger partial charge in [0, 0.05) is 38.8 Å². The van der Waals surface area contributed by atoms with Crippen molar-refractivity contribution in [3.05, 3.63) is 12.4 Å². The molecule has 0 amide bonds. The van der Waals surface area contributed by atoms with E-state index in [-0.39, 0.29) is 12.6 Å². The maximum absolute atomic E-state index is 5.57. The van der Waals surface area contributed by atoms with Crippen LogP contribution >= 0.6 is 0 Å². The summed E-state index contributed by atoms with van der Waals surface area (Å²) in [5, 5.41) is 0. The van der Waals surface area contributed by atoms with Crippen LogP contribution in [0.25, 0.3) is 0 Å². The minimum absolute atomic E-state index is 0.181. The summed E-state index contributed by atoms with van der Waals surface area (Å²) in [5.74, 6) is 0. The summed E-state index contributed by atoms with van der Waals surface area (Å²) in [4.78, 5) is 4.34. The van der Waals surface area contributed by atoms with Crippen molar-refractivity contribution in [2.75, 3.05) is 46.2 Å². The highest BCUT2D eigenvalue weighted by Gasteiger charge is 2.20. The van der Waals surface area contributed by atoms with Crippen molar-refractivity contribution in [3.8, 4) is 0 Å². The molecule has 6 nitrogen and oxygen atoms in total. The lowest BCUT2D eigenvalue weighted by atomic mass is 10.5. The molecule has 0 atom stereocenters. The highest BCUT2D eigenvalue weighted by molar-refractivity contribution is 4.91. The van der Waals surface area contributed by atoms with Crippen LogP contribution < -0.4 is 0 Å². The van der Waals surface area contributed by atoms with Crippen LogP contribution in [0.1, 0.15) is 27.7 Å². The van der Waals surface area contributed by atoms with Gasteiger partial charge in [0.1, 0.15) is 0 Å². The van der Waals surface area contributed by atoms with E-state index in [1.807, 2.05) is 27.7 Å². The second-order valence-corrected chi connectivity index (χ2v) is 4.66. The Balaban J connectivity index is 2.35. The van der Waals surface area contributed by atoms with E-state index in [4.69, 9.17) is 18.9 Å². The van der Waals surface area contributed by atoms with Crippen LogP contribution in [0.3, 0.4) is 0 Å². The fraction of sp³-hybridized carbons (Fsp3) is 0.867. The maximum atomic E-state index is 5.57. The topological polar surface area (TPSA) is 43.4 Å². The van der Waals surface area contributed by atoms with E-state index in [0.29, 0.717) is 26.4 Å². The highest BCUT2D eigenvalue weighted by Crippen LogP contribution is 2.11. The molecule has 1 rings (SSSR count). The van der Waals surface area contributed by atoms with E-state index < -0.39 is 0 Å². The van der Waals surface area contributed by atoms with Gasteiger partial charge in [0.05, 0.1) is 19.8 Å². The fourth-order valence-corrected chi connectivity index (χ4v) is 2.19. The lowest BCUT2D eigenvalue weighted by Gasteiger charge is -2.27. The molecule has 0 fully saturated rings. The van der Waals surface area contributed by atoms with E-state index in [1.54, 1.807) is 0 Å². The van der Waals surface area contributed by atoms with Gasteiger partial charge in [-0.1, -0.05) is 0 Å². The third-order valence-corrected chi connectivity index (χ3v) is 3.03. The van der Waals surface area contributed by atoms with Gasteiger partial charge in [0.25, 0.3) is 0 Å². The molecule has 0 N–H and O–H groups in total. The second-order valence-electron chi connectivity index (χ2n) is 4.66. The summed E-state index contributed by atoms with van der Waals surface area (Å²) in [6.07, 6.45) is 3.75. The van der Waals surface area contributed by atoms with Crippen molar-refractivity contribution in [1.82, 2.24) is 9.80 Å². The van der Waals surface area contributed by atoms with E-state index >= 15 is 0 Å². The van der Waals surface area contributed by atoms with E-state index in [0.717, 1.165) is 19.8 Å². The molecule has 0 aromatic carbocycles. The Hall–Kier alpha value is -0.820. The molecule has 0 unspecified atom stereocenters. The normalized spacial score (nSPS) is 15.0. The highest BCUT2D eigenvalue weighted by atomic mass is 16.7. The molecule has 0 aliphatic carbocycles. The quantitative estimate of drug-likeness (QED) is 0.513. The number of nitrogens with zero attached hydrogens (tertiary/aromatic N) is 2. The average Bonchev–Trinajstić information content (AvgIpc) is 2.87. The summed E-state index contributed by atoms with van der Waals surface area (Å²) >= 11 is 0. The van der Waals surface area contributed by atoms with Gasteiger partial charge in [-0.15, -0.1) is 0 Å². The minimum Gasteiger partial charge on any atom is -0.354 e.